The Kier molecular flexibility index (Phi) is 9.24. The summed E-state index contributed by atoms with van der Waals surface area (Å²) in [6.07, 6.45) is 11.4. The lowest BCUT2D eigenvalue weighted by Crippen LogP contribution is -2.59. The van der Waals surface area contributed by atoms with Crippen LogP contribution in [0.1, 0.15) is 61.9 Å². The van der Waals surface area contributed by atoms with Crippen LogP contribution in [0.5, 0.6) is 5.75 Å². The number of hydrogen-bond donors (Lipinski definition) is 5. The van der Waals surface area contributed by atoms with Crippen molar-refractivity contribution in [3.63, 3.8) is 0 Å². The second-order valence-electron chi connectivity index (χ2n) is 12.4. The molecule has 222 valence electrons. The third-order valence-corrected chi connectivity index (χ3v) is 7.75. The van der Waals surface area contributed by atoms with Crippen molar-refractivity contribution in [2.24, 2.45) is 11.1 Å². The summed E-state index contributed by atoms with van der Waals surface area (Å²) in [7, 11) is 4.10. The number of aliphatic hydroxyl groups is 1. The molecule has 1 aliphatic heterocycles. The van der Waals surface area contributed by atoms with Crippen LogP contribution in [0.4, 0.5) is 0 Å². The molecule has 1 heterocycles. The molecule has 2 fully saturated rings. The molecule has 4 rings (SSSR count). The zero-order valence-electron chi connectivity index (χ0n) is 24.5. The number of hydrogen-bond acceptors (Lipinski definition) is 8. The average molecular weight is 566 g/mol. The highest BCUT2D eigenvalue weighted by atomic mass is 16.5. The number of allylic oxidation sites excluding steroid dienone is 2. The largest absolute Gasteiger partial charge is 0.490 e. The van der Waals surface area contributed by atoms with Gasteiger partial charge in [-0.15, -0.1) is 0 Å². The molecule has 10 heteroatoms. The van der Waals surface area contributed by atoms with Crippen molar-refractivity contribution in [1.29, 1.82) is 5.41 Å². The molecule has 0 atom stereocenters. The van der Waals surface area contributed by atoms with E-state index in [0.29, 0.717) is 22.8 Å². The number of carbonyl (C=O) groups excluding carboxylic acids is 2. The fourth-order valence-electron chi connectivity index (χ4n) is 5.67. The van der Waals surface area contributed by atoms with Crippen LogP contribution in [0, 0.1) is 10.8 Å². The number of nitrogens with zero attached hydrogens (tertiary/aromatic N) is 1. The summed E-state index contributed by atoms with van der Waals surface area (Å²) in [5.74, 6) is 0.293. The molecule has 2 amide bonds. The first-order chi connectivity index (χ1) is 19.4. The molecular weight excluding hydrogens is 522 g/mol. The number of aryl methyl sites for hydroxylation is 1. The minimum Gasteiger partial charge on any atom is -0.490 e. The fraction of sp³-hybridized carbons (Fsp3) is 0.516. The summed E-state index contributed by atoms with van der Waals surface area (Å²) in [4.78, 5) is 27.1. The number of nitrogens with one attached hydrogen (secondary N) is 3. The molecule has 1 spiro atoms. The lowest BCUT2D eigenvalue weighted by atomic mass is 9.53. The Morgan fingerprint density at radius 3 is 2.56 bits per heavy atom. The number of nitrogens with two attached hydrogens (primary N) is 1. The summed E-state index contributed by atoms with van der Waals surface area (Å²) < 4.78 is 11.8. The van der Waals surface area contributed by atoms with Crippen LogP contribution < -0.4 is 21.1 Å². The number of benzene rings is 1. The minimum atomic E-state index is -0.958. The molecular formula is C31H43N5O5. The van der Waals surface area contributed by atoms with E-state index < -0.39 is 11.5 Å². The van der Waals surface area contributed by atoms with Crippen molar-refractivity contribution in [1.82, 2.24) is 15.5 Å². The Morgan fingerprint density at radius 2 is 1.98 bits per heavy atom. The fourth-order valence-corrected chi connectivity index (χ4v) is 5.67. The molecule has 1 aromatic rings. The van der Waals surface area contributed by atoms with E-state index in [1.165, 1.54) is 0 Å². The standard InChI is InChI=1S/C31H43N5O5/c1-30(2,39)19-40-22-8-10-26(34-18-22)25(17-32)29(38)35-21-13-31(14-21)15-23(16-31)41-27-12-20(6-5-11-36(3)4)7-9-24(27)28(33)37/h7-10,12,17-18,21,23,32,34,39H,5-6,11,13-16,19H2,1-4H3,(H2,33,37)(H,35,38)/b26-25+,32-17?. The first-order valence-electron chi connectivity index (χ1n) is 14.2. The zero-order valence-corrected chi connectivity index (χ0v) is 24.5. The van der Waals surface area contributed by atoms with Gasteiger partial charge in [0.15, 0.2) is 0 Å². The van der Waals surface area contributed by atoms with Gasteiger partial charge in [0.05, 0.1) is 28.5 Å². The number of carbonyl (C=O) groups is 2. The normalized spacial score (nSPS) is 24.5. The summed E-state index contributed by atoms with van der Waals surface area (Å²) in [5, 5.41) is 23.7. The molecule has 0 bridgehead atoms. The number of primary amides is 1. The van der Waals surface area contributed by atoms with Gasteiger partial charge >= 0.3 is 0 Å². The molecule has 6 N–H and O–H groups in total. The van der Waals surface area contributed by atoms with Crippen molar-refractivity contribution in [2.45, 2.75) is 70.1 Å². The van der Waals surface area contributed by atoms with Crippen LogP contribution in [0.25, 0.3) is 0 Å². The Bertz CT molecular complexity index is 1250. The van der Waals surface area contributed by atoms with Crippen molar-refractivity contribution < 1.29 is 24.2 Å². The number of ether oxygens (including phenoxy) is 2. The first kappa shape index (κ1) is 30.3. The van der Waals surface area contributed by atoms with E-state index in [4.69, 9.17) is 20.6 Å². The van der Waals surface area contributed by atoms with Crippen LogP contribution in [-0.4, -0.2) is 73.0 Å². The second-order valence-corrected chi connectivity index (χ2v) is 12.4. The van der Waals surface area contributed by atoms with Gasteiger partial charge in [-0.2, -0.15) is 0 Å². The predicted molar refractivity (Wildman–Crippen MR) is 158 cm³/mol. The number of rotatable bonds is 13. The van der Waals surface area contributed by atoms with Crippen LogP contribution in [0.15, 0.2) is 53.6 Å². The predicted octanol–water partition coefficient (Wildman–Crippen LogP) is 2.78. The van der Waals surface area contributed by atoms with Crippen molar-refractivity contribution in [3.05, 3.63) is 64.7 Å². The number of dihydropyridines is 1. The molecule has 10 nitrogen and oxygen atoms in total. The molecule has 0 aromatic heterocycles. The maximum absolute atomic E-state index is 12.9. The summed E-state index contributed by atoms with van der Waals surface area (Å²) >= 11 is 0. The molecule has 0 unspecified atom stereocenters. The Hall–Kier alpha value is -3.63. The average Bonchev–Trinajstić information content (AvgIpc) is 2.85. The van der Waals surface area contributed by atoms with Crippen molar-refractivity contribution in [3.8, 4) is 5.75 Å². The molecule has 41 heavy (non-hydrogen) atoms. The Labute approximate surface area is 242 Å². The maximum Gasteiger partial charge on any atom is 0.255 e. The van der Waals surface area contributed by atoms with Gasteiger partial charge in [-0.25, -0.2) is 0 Å². The molecule has 1 aromatic carbocycles. The van der Waals surface area contributed by atoms with E-state index in [1.807, 2.05) is 26.2 Å². The van der Waals surface area contributed by atoms with Gasteiger partial charge in [-0.3, -0.25) is 9.59 Å². The quantitative estimate of drug-likeness (QED) is 0.182. The van der Waals surface area contributed by atoms with Gasteiger partial charge in [0.25, 0.3) is 11.8 Å². The summed E-state index contributed by atoms with van der Waals surface area (Å²) in [6.45, 7) is 4.43. The molecule has 2 aliphatic carbocycles. The Balaban J connectivity index is 1.26. The number of amides is 2. The van der Waals surface area contributed by atoms with E-state index in [9.17, 15) is 14.7 Å². The van der Waals surface area contributed by atoms with Crippen LogP contribution in [0.3, 0.4) is 0 Å². The van der Waals surface area contributed by atoms with Gasteiger partial charge in [-0.05, 0) is 108 Å². The van der Waals surface area contributed by atoms with Gasteiger partial charge in [-0.1, -0.05) is 6.07 Å². The van der Waals surface area contributed by atoms with Gasteiger partial charge in [0.2, 0.25) is 0 Å². The monoisotopic (exact) mass is 565 g/mol. The third-order valence-electron chi connectivity index (χ3n) is 7.75. The van der Waals surface area contributed by atoms with Gasteiger partial charge < -0.3 is 41.3 Å². The highest BCUT2D eigenvalue weighted by Gasteiger charge is 2.54. The SMILES string of the molecule is CN(C)CCCc1ccc(C(N)=O)c(OC2CC3(CC(NC(=O)/C(C=N)=C4\C=CC(OCC(C)(C)O)=CN4)C3)C2)c1. The Morgan fingerprint density at radius 1 is 1.24 bits per heavy atom. The minimum absolute atomic E-state index is 0.0113. The summed E-state index contributed by atoms with van der Waals surface area (Å²) in [5.41, 5.74) is 7.06. The van der Waals surface area contributed by atoms with Crippen molar-refractivity contribution in [2.75, 3.05) is 27.2 Å². The lowest BCUT2D eigenvalue weighted by molar-refractivity contribution is -0.123. The zero-order chi connectivity index (χ0) is 29.8. The van der Waals surface area contributed by atoms with E-state index in [-0.39, 0.29) is 35.6 Å². The molecule has 3 aliphatic rings. The lowest BCUT2D eigenvalue weighted by Gasteiger charge is -2.57. The topological polar surface area (TPSA) is 150 Å². The van der Waals surface area contributed by atoms with Crippen LogP contribution >= 0.6 is 0 Å². The molecule has 0 radical (unpaired) electrons. The van der Waals surface area contributed by atoms with Gasteiger partial charge in [0, 0.05) is 18.5 Å². The maximum atomic E-state index is 12.9. The highest BCUT2D eigenvalue weighted by Crippen LogP contribution is 2.57. The van der Waals surface area contributed by atoms with E-state index in [1.54, 1.807) is 38.3 Å². The molecule has 2 saturated carbocycles. The smallest absolute Gasteiger partial charge is 0.255 e. The van der Waals surface area contributed by atoms with Crippen molar-refractivity contribution >= 4 is 18.0 Å². The highest BCUT2D eigenvalue weighted by molar-refractivity contribution is 6.12. The van der Waals surface area contributed by atoms with E-state index in [2.05, 4.69) is 15.5 Å². The van der Waals surface area contributed by atoms with E-state index >= 15 is 0 Å². The third kappa shape index (κ3) is 7.98. The van der Waals surface area contributed by atoms with E-state index in [0.717, 1.165) is 56.8 Å². The second kappa shape index (κ2) is 12.5. The molecule has 0 saturated heterocycles. The first-order valence-corrected chi connectivity index (χ1v) is 14.2. The van der Waals surface area contributed by atoms with Gasteiger partial charge in [0.1, 0.15) is 18.1 Å². The van der Waals surface area contributed by atoms with Crippen LogP contribution in [-0.2, 0) is 16.0 Å². The van der Waals surface area contributed by atoms with Crippen LogP contribution in [0.2, 0.25) is 0 Å². The summed E-state index contributed by atoms with van der Waals surface area (Å²) in [6, 6.07) is 5.69.